The van der Waals surface area contributed by atoms with Gasteiger partial charge < -0.3 is 14.8 Å². The molecular weight excluding hydrogens is 484 g/mol. The van der Waals surface area contributed by atoms with Crippen molar-refractivity contribution in [3.8, 4) is 5.75 Å². The van der Waals surface area contributed by atoms with Crippen molar-refractivity contribution in [2.75, 3.05) is 0 Å². The molecule has 2 saturated heterocycles. The molecule has 204 valence electrons. The summed E-state index contributed by atoms with van der Waals surface area (Å²) >= 11 is 0. The number of hydrogen-bond acceptors (Lipinski definition) is 5. The number of phenols is 1. The summed E-state index contributed by atoms with van der Waals surface area (Å²) < 4.78 is 19.9. The first-order valence-electron chi connectivity index (χ1n) is 14.4. The van der Waals surface area contributed by atoms with Crippen LogP contribution in [0, 0.1) is 23.6 Å². The Bertz CT molecular complexity index is 1140. The molecule has 1 aromatic rings. The van der Waals surface area contributed by atoms with Crippen LogP contribution < -0.4 is 0 Å². The second kappa shape index (κ2) is 11.3. The van der Waals surface area contributed by atoms with Crippen LogP contribution >= 0.6 is 0 Å². The fourth-order valence-electron chi connectivity index (χ4n) is 7.35. The predicted molar refractivity (Wildman–Crippen MR) is 144 cm³/mol. The van der Waals surface area contributed by atoms with Crippen molar-refractivity contribution in [2.24, 2.45) is 17.8 Å². The van der Waals surface area contributed by atoms with Crippen LogP contribution in [0.5, 0.6) is 5.75 Å². The maximum Gasteiger partial charge on any atom is 0.455 e. The van der Waals surface area contributed by atoms with E-state index < -0.39 is 18.9 Å². The molecule has 2 aliphatic heterocycles. The molecule has 3 fully saturated rings. The number of rotatable bonds is 7. The molecule has 8 heteroatoms. The van der Waals surface area contributed by atoms with E-state index in [1.54, 1.807) is 11.0 Å². The van der Waals surface area contributed by atoms with E-state index in [1.807, 2.05) is 13.0 Å². The van der Waals surface area contributed by atoms with Gasteiger partial charge in [-0.05, 0) is 81.0 Å². The zero-order valence-electron chi connectivity index (χ0n) is 22.5. The Morgan fingerprint density at radius 3 is 2.66 bits per heavy atom. The lowest BCUT2D eigenvalue weighted by Crippen LogP contribution is -2.46. The van der Waals surface area contributed by atoms with Gasteiger partial charge in [-0.2, -0.15) is 0 Å². The third-order valence-corrected chi connectivity index (χ3v) is 9.02. The number of nitrogens with zero attached hydrogens (tertiary/aromatic N) is 1. The highest BCUT2D eigenvalue weighted by molar-refractivity contribution is 6.43. The Kier molecular flexibility index (Phi) is 8.10. The molecular formula is C30H39BFNO5. The quantitative estimate of drug-likeness (QED) is 0.274. The van der Waals surface area contributed by atoms with E-state index in [2.05, 4.69) is 6.92 Å². The average molecular weight is 523 g/mol. The topological polar surface area (TPSA) is 87.1 Å². The predicted octanol–water partition coefficient (Wildman–Crippen LogP) is 5.64. The molecule has 2 N–H and O–H groups in total. The summed E-state index contributed by atoms with van der Waals surface area (Å²) in [7, 11) is -0.975. The summed E-state index contributed by atoms with van der Waals surface area (Å²) in [6.45, 7) is 4.10. The number of hydrogen-bond donors (Lipinski definition) is 2. The zero-order chi connectivity index (χ0) is 27.0. The number of amides is 2. The van der Waals surface area contributed by atoms with Crippen LogP contribution in [0.15, 0.2) is 34.9 Å². The minimum atomic E-state index is -0.975. The highest BCUT2D eigenvalue weighted by Crippen LogP contribution is 2.52. The van der Waals surface area contributed by atoms with Crippen LogP contribution in [0.4, 0.5) is 4.39 Å². The van der Waals surface area contributed by atoms with Crippen molar-refractivity contribution in [3.63, 3.8) is 0 Å². The number of aromatic hydroxyl groups is 1. The molecule has 4 atom stereocenters. The van der Waals surface area contributed by atoms with Gasteiger partial charge in [-0.1, -0.05) is 55.9 Å². The normalized spacial score (nSPS) is 28.7. The van der Waals surface area contributed by atoms with Gasteiger partial charge >= 0.3 is 7.12 Å². The van der Waals surface area contributed by atoms with Crippen molar-refractivity contribution in [2.45, 2.75) is 96.5 Å². The fourth-order valence-corrected chi connectivity index (χ4v) is 7.35. The number of carbonyl (C=O) groups excluding carboxylic acids is 2. The molecule has 0 spiro atoms. The van der Waals surface area contributed by atoms with E-state index in [0.29, 0.717) is 31.1 Å². The van der Waals surface area contributed by atoms with Gasteiger partial charge in [-0.15, -0.1) is 0 Å². The molecule has 5 rings (SSSR count). The van der Waals surface area contributed by atoms with Gasteiger partial charge in [0.1, 0.15) is 0 Å². The highest BCUT2D eigenvalue weighted by atomic mass is 19.1. The van der Waals surface area contributed by atoms with Crippen molar-refractivity contribution in [1.29, 1.82) is 0 Å². The second-order valence-electron chi connectivity index (χ2n) is 11.6. The van der Waals surface area contributed by atoms with Crippen LogP contribution in [0.3, 0.4) is 0 Å². The molecule has 0 bridgehead atoms. The largest absolute Gasteiger partial charge is 0.505 e. The van der Waals surface area contributed by atoms with Gasteiger partial charge in [-0.3, -0.25) is 14.5 Å². The summed E-state index contributed by atoms with van der Waals surface area (Å²) in [4.78, 5) is 29.0. The Balaban J connectivity index is 1.39. The highest BCUT2D eigenvalue weighted by Gasteiger charge is 2.58. The second-order valence-corrected chi connectivity index (χ2v) is 11.6. The summed E-state index contributed by atoms with van der Waals surface area (Å²) in [6.07, 6.45) is 10.7. The molecule has 2 heterocycles. The molecule has 6 nitrogen and oxygen atoms in total. The number of halogens is 1. The number of phenolic OH excluding ortho intramolecular Hbond substituents is 1. The summed E-state index contributed by atoms with van der Waals surface area (Å²) in [6, 6.07) is 4.34. The van der Waals surface area contributed by atoms with Crippen molar-refractivity contribution < 1.29 is 28.8 Å². The molecule has 38 heavy (non-hydrogen) atoms. The molecule has 0 aromatic heterocycles. The smallest absolute Gasteiger partial charge is 0.455 e. The first-order chi connectivity index (χ1) is 18.3. The summed E-state index contributed by atoms with van der Waals surface area (Å²) in [5, 5.41) is 20.2. The first kappa shape index (κ1) is 27.1. The van der Waals surface area contributed by atoms with Gasteiger partial charge in [0.2, 0.25) is 11.8 Å². The van der Waals surface area contributed by atoms with Gasteiger partial charge in [0.25, 0.3) is 0 Å². The minimum absolute atomic E-state index is 0.00278. The summed E-state index contributed by atoms with van der Waals surface area (Å²) in [5.41, 5.74) is 4.06. The zero-order valence-corrected chi connectivity index (χ0v) is 22.5. The maximum atomic E-state index is 13.8. The van der Waals surface area contributed by atoms with E-state index in [-0.39, 0.29) is 41.5 Å². The summed E-state index contributed by atoms with van der Waals surface area (Å²) in [5.74, 6) is -1.97. The van der Waals surface area contributed by atoms with E-state index >= 15 is 0 Å². The average Bonchev–Trinajstić information content (AvgIpc) is 3.14. The van der Waals surface area contributed by atoms with E-state index in [0.717, 1.165) is 56.1 Å². The number of allylic oxidation sites excluding steroid dienone is 2. The fraction of sp³-hybridized carbons (Fsp3) is 0.600. The first-order valence-corrected chi connectivity index (χ1v) is 14.4. The molecule has 2 aliphatic carbocycles. The van der Waals surface area contributed by atoms with E-state index in [4.69, 9.17) is 4.65 Å². The van der Waals surface area contributed by atoms with Crippen molar-refractivity contribution >= 4 is 25.0 Å². The van der Waals surface area contributed by atoms with E-state index in [1.165, 1.54) is 17.7 Å². The lowest BCUT2D eigenvalue weighted by molar-refractivity contribution is -0.143. The van der Waals surface area contributed by atoms with Crippen LogP contribution in [0.2, 0.25) is 6.32 Å². The number of imide groups is 1. The van der Waals surface area contributed by atoms with Gasteiger partial charge in [0.05, 0.1) is 17.9 Å². The Morgan fingerprint density at radius 2 is 1.95 bits per heavy atom. The third-order valence-electron chi connectivity index (χ3n) is 9.02. The van der Waals surface area contributed by atoms with Crippen LogP contribution in [-0.2, 0) is 14.2 Å². The van der Waals surface area contributed by atoms with Crippen molar-refractivity contribution in [1.82, 2.24) is 4.90 Å². The Morgan fingerprint density at radius 1 is 1.18 bits per heavy atom. The monoisotopic (exact) mass is 523 g/mol. The van der Waals surface area contributed by atoms with Gasteiger partial charge in [0.15, 0.2) is 11.6 Å². The molecule has 2 amide bonds. The lowest BCUT2D eigenvalue weighted by Gasteiger charge is -2.43. The Hall–Kier alpha value is -2.45. The van der Waals surface area contributed by atoms with Crippen LogP contribution in [0.25, 0.3) is 6.08 Å². The van der Waals surface area contributed by atoms with Gasteiger partial charge in [0, 0.05) is 6.04 Å². The number of benzene rings is 1. The van der Waals surface area contributed by atoms with Crippen LogP contribution in [-0.4, -0.2) is 46.1 Å². The van der Waals surface area contributed by atoms with E-state index in [9.17, 15) is 24.1 Å². The number of carbonyl (C=O) groups is 2. The van der Waals surface area contributed by atoms with Gasteiger partial charge in [-0.25, -0.2) is 4.39 Å². The van der Waals surface area contributed by atoms with Crippen molar-refractivity contribution in [3.05, 3.63) is 46.3 Å². The SMILES string of the molecule is CCCC1=C2[C@@H](CC/C(C)=C/c3ccc(O)c(F)c3)OB(O)C[C@@H]2[C@@H]2C(=O)N(C3CCCCC3)C(=O)[C@@H]2C1. The molecule has 1 aromatic carbocycles. The molecule has 4 aliphatic rings. The molecule has 0 radical (unpaired) electrons. The minimum Gasteiger partial charge on any atom is -0.505 e. The Labute approximate surface area is 225 Å². The lowest BCUT2D eigenvalue weighted by atomic mass is 9.58. The molecule has 1 saturated carbocycles. The molecule has 0 unspecified atom stereocenters. The number of fused-ring (bicyclic) bond motifs is 3. The third kappa shape index (κ3) is 5.22. The standard InChI is InChI=1S/C30H39BFNO5/c1-3-7-20-16-22-28(30(36)33(29(22)35)21-8-5-4-6-9-21)23-17-31(37)38-26(27(20)23)13-10-18(2)14-19-11-12-25(34)24(32)15-19/h11-12,14-15,21-23,26,28,34,37H,3-10,13,16-17H2,1-2H3/b18-14+/t22-,23+,26-,28-/m1/s1. The van der Waals surface area contributed by atoms with Crippen LogP contribution in [0.1, 0.15) is 83.6 Å². The maximum absolute atomic E-state index is 13.8. The number of likely N-dealkylation sites (tertiary alicyclic amines) is 1.